The molecule has 8 heterocycles. The fraction of sp³-hybridized carbons (Fsp3) is 0.613. The predicted octanol–water partition coefficient (Wildman–Crippen LogP) is 10.3. The van der Waals surface area contributed by atoms with Crippen LogP contribution in [-0.2, 0) is 17.7 Å². The summed E-state index contributed by atoms with van der Waals surface area (Å²) in [5, 5.41) is 22.7. The van der Waals surface area contributed by atoms with Crippen molar-refractivity contribution in [3.63, 3.8) is 0 Å². The molecule has 25 N–H and O–H groups in total. The third-order valence-electron chi connectivity index (χ3n) is 17.8. The van der Waals surface area contributed by atoms with Gasteiger partial charge in [0.05, 0.1) is 29.9 Å². The molecule has 3 fully saturated rings. The number of nitrogens with two attached hydrogens (primary N) is 9. The minimum Gasteiger partial charge on any atom is -0.378 e. The molecule has 0 saturated carbocycles. The Labute approximate surface area is 790 Å². The number of nitrogens with zero attached hydrogens (tertiary/aromatic N) is 22. The highest BCUT2D eigenvalue weighted by Gasteiger charge is 2.20. The zero-order valence-electron chi connectivity index (χ0n) is 85.6. The first kappa shape index (κ1) is 118. The minimum atomic E-state index is 0.164. The van der Waals surface area contributed by atoms with Gasteiger partial charge in [0, 0.05) is 183 Å². The van der Waals surface area contributed by atoms with Gasteiger partial charge in [-0.15, -0.1) is 0 Å². The van der Waals surface area contributed by atoms with Gasteiger partial charge in [-0.05, 0) is 248 Å². The number of aliphatic imine (C=N–C) groups is 9. The molecule has 11 rings (SSSR count). The average Bonchev–Trinajstić information content (AvgIpc) is 1.08. The number of fused-ring (bicyclic) bond motifs is 2. The number of aromatic amines is 3. The Hall–Kier alpha value is -12.2. The van der Waals surface area contributed by atoms with E-state index in [1.807, 2.05) is 232 Å². The van der Waals surface area contributed by atoms with Crippen LogP contribution in [0.25, 0.3) is 11.0 Å². The lowest BCUT2D eigenvalue weighted by molar-refractivity contribution is 0.0673. The highest BCUT2D eigenvalue weighted by Crippen LogP contribution is 2.19. The van der Waals surface area contributed by atoms with Crippen molar-refractivity contribution in [2.75, 3.05) is 128 Å². The van der Waals surface area contributed by atoms with E-state index in [9.17, 15) is 0 Å². The lowest BCUT2D eigenvalue weighted by Gasteiger charge is -2.33. The van der Waals surface area contributed by atoms with Crippen LogP contribution in [-0.4, -0.2) is 306 Å². The SMILES string of the molecule is CC(C)N=C(N)N(C)C.CC(C)N=C(N)N1CCCC1.CC(C)N=C(N)N1CCN(C)CC1.CC(C)N=C(N)N1CCOCC1.CC(C)N=C(N)N1CCc2ccccc2C1.CC(C)N=C(N)Nc1ccccc1.CC(C)N=C(N)Nc1nc2ccccc2[nH]1.CC(C)Nc1ncc[nH]1.CC(C)Nc1ncn[nH]1.CCN(CC)C(N)=NC(C)C.Cc1cc(C)n(C(N)=NC(C)C)n1. The molecule has 3 saturated heterocycles. The summed E-state index contributed by atoms with van der Waals surface area (Å²) < 4.78 is 6.86. The van der Waals surface area contributed by atoms with Crippen LogP contribution < -0.4 is 72.9 Å². The number of guanidine groups is 8. The number of imidazole rings is 2. The van der Waals surface area contributed by atoms with Crippen LogP contribution in [0.1, 0.15) is 202 Å². The van der Waals surface area contributed by atoms with Gasteiger partial charge in [0.15, 0.2) is 53.6 Å². The van der Waals surface area contributed by atoms with Gasteiger partial charge in [0.25, 0.3) is 0 Å². The van der Waals surface area contributed by atoms with Crippen LogP contribution in [0, 0.1) is 13.8 Å². The van der Waals surface area contributed by atoms with E-state index in [2.05, 4.69) is 190 Å². The second kappa shape index (κ2) is 66.2. The summed E-state index contributed by atoms with van der Waals surface area (Å²) in [6.45, 7) is 65.8. The third-order valence-corrected chi connectivity index (χ3v) is 17.8. The molecule has 4 aliphatic heterocycles. The number of piperazine rings is 1. The van der Waals surface area contributed by atoms with Crippen LogP contribution in [0.4, 0.5) is 23.5 Å². The molecular weight excluding hydrogens is 1670 g/mol. The van der Waals surface area contributed by atoms with Gasteiger partial charge in [0.1, 0.15) is 6.33 Å². The molecule has 0 bridgehead atoms. The summed E-state index contributed by atoms with van der Waals surface area (Å²) in [5.41, 5.74) is 59.3. The zero-order chi connectivity index (χ0) is 99.5. The first-order valence-electron chi connectivity index (χ1n) is 46.4. The number of morpholine rings is 1. The van der Waals surface area contributed by atoms with Crippen molar-refractivity contribution >= 4 is 88.2 Å². The summed E-state index contributed by atoms with van der Waals surface area (Å²) in [7, 11) is 5.88. The van der Waals surface area contributed by atoms with E-state index in [1.165, 1.54) is 30.3 Å². The van der Waals surface area contributed by atoms with Crippen LogP contribution in [0.2, 0.25) is 0 Å². The van der Waals surface area contributed by atoms with Crippen molar-refractivity contribution in [1.82, 2.24) is 79.2 Å². The lowest BCUT2D eigenvalue weighted by Crippen LogP contribution is -2.50. The first-order chi connectivity index (χ1) is 62.2. The molecule has 132 heavy (non-hydrogen) atoms. The maximum atomic E-state index is 5.98. The number of aromatic nitrogens is 9. The van der Waals surface area contributed by atoms with E-state index in [0.717, 1.165) is 144 Å². The monoisotopic (exact) mass is 1840 g/mol. The quantitative estimate of drug-likeness (QED) is 0.0297. The molecule has 4 aliphatic rings. The van der Waals surface area contributed by atoms with Crippen molar-refractivity contribution in [3.8, 4) is 0 Å². The van der Waals surface area contributed by atoms with Gasteiger partial charge >= 0.3 is 0 Å². The molecule has 0 aliphatic carbocycles. The lowest BCUT2D eigenvalue weighted by atomic mass is 10.0. The summed E-state index contributed by atoms with van der Waals surface area (Å²) >= 11 is 0. The van der Waals surface area contributed by atoms with Crippen LogP contribution in [0.5, 0.6) is 0 Å². The highest BCUT2D eigenvalue weighted by molar-refractivity contribution is 5.93. The molecule has 0 atom stereocenters. The zero-order valence-corrected chi connectivity index (χ0v) is 85.6. The number of nitrogens with one attached hydrogen (secondary N) is 7. The molecule has 742 valence electrons. The standard InChI is InChI=1S/C13H19N3.C11H15N5.C10H15N3.C9H20N4.C9H16N4.C8H17N3O.C8H17N3.C8H19N3.C6H11N3.C6H15N3.C5H10N4/c1-10(2)15-13(14)16-8-7-11-5-3-4-6-12(11)9-16;1-7(2)13-10(12)16-11-14-8-5-3-4-6-9(8)15-11;1-8(2)12-10(11)13-9-6-4-3-5-7-9;1-8(2)11-9(10)13-6-4-12(3)5-7-13;1-6(2)11-9(10)13-8(4)5-7(3)12-13;1-7(2)10-8(9)11-3-5-12-6-4-11;1-7(2)10-8(9)11-5-3-4-6-11;1-5-11(6-2)8(9)10-7(3)4;1-5(2)9-6-7-3-4-8-6;1-5(2)8-6(7)9(3)4;1-4(2)8-5-6-3-7-9-5/h3-6,10H,7-9H2,1-2H3,(H2,14,15);3-7H,1-2H3,(H4,12,13,14,15,16);3-8H,1-2H3,(H3,11,12,13);8H,4-7H2,1-3H3,(H2,10,11);5-6H,1-4H3,(H2,10,11);7H,3-6H2,1-2H3,(H2,9,10);7H,3-6H2,1-2H3,(H2,9,10);7H,5-6H2,1-4H3,(H2,9,10);3-5H,1-2H3,(H2,7,8,9);5H,1-4H3,(H2,7,8);3-4H,1-2H3,(H2,6,7,8,9). The number of hydrogen-bond donors (Lipinski definition) is 16. The number of anilines is 4. The van der Waals surface area contributed by atoms with Crippen molar-refractivity contribution in [2.24, 2.45) is 96.5 Å². The molecule has 39 heteroatoms. The number of likely N-dealkylation sites (N-methyl/N-ethyl adjacent to an activating group) is 1. The van der Waals surface area contributed by atoms with Crippen LogP contribution in [0.15, 0.2) is 149 Å². The maximum absolute atomic E-state index is 5.98. The summed E-state index contributed by atoms with van der Waals surface area (Å²) in [5.74, 6) is 7.45. The number of aryl methyl sites for hydroxylation is 2. The normalized spacial score (nSPS) is 14.7. The molecule has 0 amide bonds. The molecule has 0 unspecified atom stereocenters. The first-order valence-corrected chi connectivity index (χ1v) is 46.4. The average molecular weight is 1840 g/mol. The van der Waals surface area contributed by atoms with E-state index in [4.69, 9.17) is 56.3 Å². The second-order valence-electron chi connectivity index (χ2n) is 34.8. The van der Waals surface area contributed by atoms with E-state index in [1.54, 1.807) is 22.0 Å². The number of rotatable bonds is 17. The fourth-order valence-electron chi connectivity index (χ4n) is 11.9. The Bertz CT molecular complexity index is 4310. The third kappa shape index (κ3) is 55.8. The number of benzene rings is 3. The molecule has 4 aromatic heterocycles. The van der Waals surface area contributed by atoms with E-state index in [0.29, 0.717) is 77.8 Å². The Balaban J connectivity index is 0.000000730. The van der Waals surface area contributed by atoms with Gasteiger partial charge in [-0.2, -0.15) is 10.2 Å². The topological polar surface area (TPSA) is 542 Å². The van der Waals surface area contributed by atoms with Gasteiger partial charge in [0.2, 0.25) is 17.9 Å². The van der Waals surface area contributed by atoms with E-state index in [-0.39, 0.29) is 42.3 Å². The maximum Gasteiger partial charge on any atom is 0.218 e. The van der Waals surface area contributed by atoms with Gasteiger partial charge in [-0.3, -0.25) is 45.3 Å². The van der Waals surface area contributed by atoms with Crippen LogP contribution >= 0.6 is 0 Å². The fourth-order valence-corrected chi connectivity index (χ4v) is 11.9. The number of likely N-dealkylation sites (tertiary alicyclic amines) is 1. The number of hydrogen-bond acceptors (Lipinski definition) is 18. The number of H-pyrrole nitrogens is 3. The summed E-state index contributed by atoms with van der Waals surface area (Å²) in [6.07, 6.45) is 8.58. The molecule has 39 nitrogen and oxygen atoms in total. The molecular formula is C93H174N38O. The number of ether oxygens (including phenoxy) is 1. The van der Waals surface area contributed by atoms with Crippen molar-refractivity contribution in [2.45, 2.75) is 272 Å². The Morgan fingerprint density at radius 2 is 0.902 bits per heavy atom. The number of para-hydroxylation sites is 3. The van der Waals surface area contributed by atoms with E-state index >= 15 is 0 Å². The summed E-state index contributed by atoms with van der Waals surface area (Å²) in [6, 6.07) is 31.2. The molecule has 3 aromatic carbocycles. The van der Waals surface area contributed by atoms with Crippen molar-refractivity contribution in [1.29, 1.82) is 0 Å². The Morgan fingerprint density at radius 3 is 1.33 bits per heavy atom. The largest absolute Gasteiger partial charge is 0.378 e. The summed E-state index contributed by atoms with van der Waals surface area (Å²) in [4.78, 5) is 71.1. The van der Waals surface area contributed by atoms with Gasteiger partial charge in [-0.1, -0.05) is 54.6 Å². The van der Waals surface area contributed by atoms with E-state index < -0.39 is 0 Å². The smallest absolute Gasteiger partial charge is 0.218 e. The molecule has 0 radical (unpaired) electrons. The second-order valence-corrected chi connectivity index (χ2v) is 34.8. The van der Waals surface area contributed by atoms with Gasteiger partial charge < -0.3 is 117 Å². The van der Waals surface area contributed by atoms with Gasteiger partial charge in [-0.25, -0.2) is 29.7 Å². The van der Waals surface area contributed by atoms with Crippen molar-refractivity contribution < 1.29 is 4.74 Å². The molecule has 7 aromatic rings. The molecule has 0 spiro atoms. The van der Waals surface area contributed by atoms with Crippen LogP contribution in [0.3, 0.4) is 0 Å². The van der Waals surface area contributed by atoms with Crippen molar-refractivity contribution in [3.05, 3.63) is 126 Å². The predicted molar refractivity (Wildman–Crippen MR) is 560 cm³/mol. The highest BCUT2D eigenvalue weighted by atomic mass is 16.5. The minimum absolute atomic E-state index is 0.164. The Kier molecular flexibility index (Phi) is 59.1. The Morgan fingerprint density at radius 1 is 0.462 bits per heavy atom.